The molecule has 3 rings (SSSR count). The second kappa shape index (κ2) is 5.41. The van der Waals surface area contributed by atoms with Crippen molar-refractivity contribution < 1.29 is 0 Å². The number of anilines is 1. The molecule has 1 fully saturated rings. The summed E-state index contributed by atoms with van der Waals surface area (Å²) in [7, 11) is 0. The highest BCUT2D eigenvalue weighted by Gasteiger charge is 2.26. The van der Waals surface area contributed by atoms with Crippen LogP contribution in [-0.4, -0.2) is 16.4 Å². The van der Waals surface area contributed by atoms with E-state index < -0.39 is 0 Å². The van der Waals surface area contributed by atoms with Gasteiger partial charge in [-0.2, -0.15) is 0 Å². The molecule has 2 heterocycles. The topological polar surface area (TPSA) is 42.1 Å². The van der Waals surface area contributed by atoms with E-state index in [4.69, 9.17) is 5.73 Å². The van der Waals surface area contributed by atoms with Crippen LogP contribution in [-0.2, 0) is 6.54 Å². The van der Waals surface area contributed by atoms with Gasteiger partial charge in [0.1, 0.15) is 0 Å². The van der Waals surface area contributed by atoms with Crippen LogP contribution in [0.4, 0.5) is 5.69 Å². The standard InChI is InChI=1S/C16H19N3/c17-15-5-2-1-4-14(15)12-19-11-3-6-16(19)13-7-9-18-10-8-13/h1-2,4-5,7-10,16H,3,6,11-12,17H2. The van der Waals surface area contributed by atoms with E-state index in [1.807, 2.05) is 24.5 Å². The van der Waals surface area contributed by atoms with Gasteiger partial charge in [-0.05, 0) is 48.7 Å². The maximum Gasteiger partial charge on any atom is 0.0359 e. The third-order valence-corrected chi connectivity index (χ3v) is 3.88. The summed E-state index contributed by atoms with van der Waals surface area (Å²) in [4.78, 5) is 6.62. The fourth-order valence-electron chi connectivity index (χ4n) is 2.88. The van der Waals surface area contributed by atoms with Crippen molar-refractivity contribution in [3.05, 3.63) is 59.9 Å². The lowest BCUT2D eigenvalue weighted by Crippen LogP contribution is -2.23. The second-order valence-corrected chi connectivity index (χ2v) is 5.11. The predicted molar refractivity (Wildman–Crippen MR) is 77.5 cm³/mol. The zero-order valence-corrected chi connectivity index (χ0v) is 11.0. The lowest BCUT2D eigenvalue weighted by molar-refractivity contribution is 0.249. The number of aromatic nitrogens is 1. The number of hydrogen-bond acceptors (Lipinski definition) is 3. The van der Waals surface area contributed by atoms with Gasteiger partial charge >= 0.3 is 0 Å². The van der Waals surface area contributed by atoms with Gasteiger partial charge in [-0.3, -0.25) is 9.88 Å². The number of nitrogens with two attached hydrogens (primary N) is 1. The summed E-state index contributed by atoms with van der Waals surface area (Å²) in [5.74, 6) is 0. The van der Waals surface area contributed by atoms with E-state index in [1.54, 1.807) is 0 Å². The number of nitrogen functional groups attached to an aromatic ring is 1. The summed E-state index contributed by atoms with van der Waals surface area (Å²) in [6.07, 6.45) is 6.22. The Balaban J connectivity index is 1.79. The third kappa shape index (κ3) is 2.61. The van der Waals surface area contributed by atoms with E-state index in [9.17, 15) is 0 Å². The lowest BCUT2D eigenvalue weighted by atomic mass is 10.1. The van der Waals surface area contributed by atoms with Gasteiger partial charge in [0.25, 0.3) is 0 Å². The number of nitrogens with zero attached hydrogens (tertiary/aromatic N) is 2. The summed E-state index contributed by atoms with van der Waals surface area (Å²) in [6, 6.07) is 12.9. The molecule has 0 amide bonds. The van der Waals surface area contributed by atoms with Crippen LogP contribution in [0, 0.1) is 0 Å². The van der Waals surface area contributed by atoms with E-state index in [0.29, 0.717) is 6.04 Å². The Labute approximate surface area is 114 Å². The average Bonchev–Trinajstić information content (AvgIpc) is 2.91. The fourth-order valence-corrected chi connectivity index (χ4v) is 2.88. The Morgan fingerprint density at radius 2 is 1.95 bits per heavy atom. The van der Waals surface area contributed by atoms with Gasteiger partial charge in [0.15, 0.2) is 0 Å². The highest BCUT2D eigenvalue weighted by atomic mass is 15.2. The summed E-state index contributed by atoms with van der Waals surface area (Å²) in [5, 5.41) is 0. The summed E-state index contributed by atoms with van der Waals surface area (Å²) in [6.45, 7) is 2.07. The van der Waals surface area contributed by atoms with Gasteiger partial charge in [-0.15, -0.1) is 0 Å². The number of pyridine rings is 1. The van der Waals surface area contributed by atoms with Crippen LogP contribution >= 0.6 is 0 Å². The summed E-state index contributed by atoms with van der Waals surface area (Å²) < 4.78 is 0. The van der Waals surface area contributed by atoms with Crippen molar-refractivity contribution in [1.29, 1.82) is 0 Å². The largest absolute Gasteiger partial charge is 0.398 e. The van der Waals surface area contributed by atoms with Crippen molar-refractivity contribution >= 4 is 5.69 Å². The molecule has 2 N–H and O–H groups in total. The molecule has 19 heavy (non-hydrogen) atoms. The zero-order valence-electron chi connectivity index (χ0n) is 11.0. The molecule has 0 spiro atoms. The Hall–Kier alpha value is -1.87. The molecule has 1 unspecified atom stereocenters. The van der Waals surface area contributed by atoms with Crippen LogP contribution in [0.5, 0.6) is 0 Å². The molecule has 1 aromatic heterocycles. The van der Waals surface area contributed by atoms with Gasteiger partial charge in [0.2, 0.25) is 0 Å². The van der Waals surface area contributed by atoms with E-state index >= 15 is 0 Å². The van der Waals surface area contributed by atoms with Gasteiger partial charge in [0, 0.05) is 30.7 Å². The summed E-state index contributed by atoms with van der Waals surface area (Å²) in [5.41, 5.74) is 9.53. The van der Waals surface area contributed by atoms with E-state index in [0.717, 1.165) is 18.8 Å². The first-order valence-corrected chi connectivity index (χ1v) is 6.82. The summed E-state index contributed by atoms with van der Waals surface area (Å²) >= 11 is 0. The minimum absolute atomic E-state index is 0.502. The maximum atomic E-state index is 6.05. The highest BCUT2D eigenvalue weighted by Crippen LogP contribution is 2.33. The molecule has 0 bridgehead atoms. The van der Waals surface area contributed by atoms with Crippen LogP contribution in [0.25, 0.3) is 0 Å². The van der Waals surface area contributed by atoms with Gasteiger partial charge in [0.05, 0.1) is 0 Å². The quantitative estimate of drug-likeness (QED) is 0.855. The first-order chi connectivity index (χ1) is 9.34. The Kier molecular flexibility index (Phi) is 3.47. The Morgan fingerprint density at radius 3 is 2.74 bits per heavy atom. The normalized spacial score (nSPS) is 19.7. The van der Waals surface area contributed by atoms with E-state index in [-0.39, 0.29) is 0 Å². The van der Waals surface area contributed by atoms with Crippen LogP contribution in [0.1, 0.15) is 30.0 Å². The van der Waals surface area contributed by atoms with Crippen LogP contribution < -0.4 is 5.73 Å². The van der Waals surface area contributed by atoms with Crippen LogP contribution in [0.2, 0.25) is 0 Å². The Morgan fingerprint density at radius 1 is 1.16 bits per heavy atom. The van der Waals surface area contributed by atoms with Crippen molar-refractivity contribution in [3.8, 4) is 0 Å². The molecule has 0 saturated carbocycles. The smallest absolute Gasteiger partial charge is 0.0359 e. The van der Waals surface area contributed by atoms with Gasteiger partial charge in [-0.1, -0.05) is 18.2 Å². The first-order valence-electron chi connectivity index (χ1n) is 6.82. The molecule has 1 aliphatic heterocycles. The van der Waals surface area contributed by atoms with Crippen molar-refractivity contribution in [2.24, 2.45) is 0 Å². The monoisotopic (exact) mass is 253 g/mol. The number of para-hydroxylation sites is 1. The van der Waals surface area contributed by atoms with Crippen molar-refractivity contribution in [2.75, 3.05) is 12.3 Å². The number of likely N-dealkylation sites (tertiary alicyclic amines) is 1. The zero-order chi connectivity index (χ0) is 13.1. The predicted octanol–water partition coefficient (Wildman–Crippen LogP) is 3.00. The van der Waals surface area contributed by atoms with E-state index in [1.165, 1.54) is 24.0 Å². The van der Waals surface area contributed by atoms with Crippen molar-refractivity contribution in [2.45, 2.75) is 25.4 Å². The van der Waals surface area contributed by atoms with Crippen molar-refractivity contribution in [1.82, 2.24) is 9.88 Å². The number of rotatable bonds is 3. The lowest BCUT2D eigenvalue weighted by Gasteiger charge is -2.25. The molecule has 2 aromatic rings. The molecule has 1 aliphatic rings. The molecule has 0 aliphatic carbocycles. The molecule has 98 valence electrons. The van der Waals surface area contributed by atoms with Gasteiger partial charge in [-0.25, -0.2) is 0 Å². The molecule has 1 atom stereocenters. The minimum atomic E-state index is 0.502. The number of hydrogen-bond donors (Lipinski definition) is 1. The van der Waals surface area contributed by atoms with E-state index in [2.05, 4.69) is 34.1 Å². The molecule has 1 saturated heterocycles. The molecular formula is C16H19N3. The second-order valence-electron chi connectivity index (χ2n) is 5.11. The molecular weight excluding hydrogens is 234 g/mol. The maximum absolute atomic E-state index is 6.05. The van der Waals surface area contributed by atoms with Crippen molar-refractivity contribution in [3.63, 3.8) is 0 Å². The van der Waals surface area contributed by atoms with Crippen LogP contribution in [0.3, 0.4) is 0 Å². The molecule has 1 aromatic carbocycles. The first kappa shape index (κ1) is 12.2. The third-order valence-electron chi connectivity index (χ3n) is 3.88. The molecule has 3 heteroatoms. The highest BCUT2D eigenvalue weighted by molar-refractivity contribution is 5.46. The molecule has 0 radical (unpaired) electrons. The van der Waals surface area contributed by atoms with Crippen LogP contribution in [0.15, 0.2) is 48.8 Å². The SMILES string of the molecule is Nc1ccccc1CN1CCCC1c1ccncc1. The average molecular weight is 253 g/mol. The van der Waals surface area contributed by atoms with Gasteiger partial charge < -0.3 is 5.73 Å². The Bertz CT molecular complexity index is 539. The number of benzene rings is 1. The minimum Gasteiger partial charge on any atom is -0.398 e. The molecule has 3 nitrogen and oxygen atoms in total. The fraction of sp³-hybridized carbons (Fsp3) is 0.312.